The van der Waals surface area contributed by atoms with Crippen molar-refractivity contribution >= 4 is 38.9 Å². The van der Waals surface area contributed by atoms with Crippen molar-refractivity contribution in [1.82, 2.24) is 15.4 Å². The molecule has 106 valence electrons. The van der Waals surface area contributed by atoms with Crippen molar-refractivity contribution in [3.63, 3.8) is 0 Å². The third kappa shape index (κ3) is 4.34. The second-order valence-electron chi connectivity index (χ2n) is 3.89. The Morgan fingerprint density at radius 1 is 1.42 bits per heavy atom. The van der Waals surface area contributed by atoms with Crippen molar-refractivity contribution in [2.75, 3.05) is 26.2 Å². The summed E-state index contributed by atoms with van der Waals surface area (Å²) in [4.78, 5) is 4.23. The zero-order valence-electron chi connectivity index (χ0n) is 10.1. The van der Waals surface area contributed by atoms with Crippen molar-refractivity contribution in [3.8, 4) is 0 Å². The van der Waals surface area contributed by atoms with Crippen molar-refractivity contribution in [2.24, 2.45) is 4.99 Å². The summed E-state index contributed by atoms with van der Waals surface area (Å²) in [5, 5.41) is 6.14. The number of nitrogens with one attached hydrogen (secondary N) is 3. The van der Waals surface area contributed by atoms with E-state index in [0.717, 1.165) is 36.8 Å². The summed E-state index contributed by atoms with van der Waals surface area (Å²) in [5.74, 6) is 0.726. The minimum atomic E-state index is -3.46. The normalized spacial score (nSPS) is 15.7. The second kappa shape index (κ2) is 6.56. The van der Waals surface area contributed by atoms with Crippen LogP contribution in [0, 0.1) is 0 Å². The van der Waals surface area contributed by atoms with Crippen LogP contribution >= 0.6 is 22.9 Å². The van der Waals surface area contributed by atoms with Crippen LogP contribution in [0.5, 0.6) is 0 Å². The van der Waals surface area contributed by atoms with Gasteiger partial charge in [0.15, 0.2) is 5.96 Å². The molecule has 19 heavy (non-hydrogen) atoms. The van der Waals surface area contributed by atoms with E-state index >= 15 is 0 Å². The Morgan fingerprint density at radius 2 is 2.26 bits per heavy atom. The van der Waals surface area contributed by atoms with Gasteiger partial charge < -0.3 is 10.6 Å². The molecule has 3 N–H and O–H groups in total. The van der Waals surface area contributed by atoms with Gasteiger partial charge in [-0.25, -0.2) is 13.1 Å². The molecule has 0 fully saturated rings. The van der Waals surface area contributed by atoms with Gasteiger partial charge >= 0.3 is 0 Å². The second-order valence-corrected chi connectivity index (χ2v) is 7.60. The number of thiophene rings is 1. The van der Waals surface area contributed by atoms with E-state index in [0.29, 0.717) is 17.4 Å². The molecule has 2 heterocycles. The average molecular weight is 323 g/mol. The summed E-state index contributed by atoms with van der Waals surface area (Å²) in [7, 11) is -3.46. The van der Waals surface area contributed by atoms with Gasteiger partial charge in [-0.3, -0.25) is 4.99 Å². The largest absolute Gasteiger partial charge is 0.356 e. The quantitative estimate of drug-likeness (QED) is 0.694. The zero-order valence-corrected chi connectivity index (χ0v) is 12.5. The number of hydrogen-bond donors (Lipinski definition) is 3. The molecule has 0 spiro atoms. The molecule has 0 radical (unpaired) electrons. The van der Waals surface area contributed by atoms with Crippen molar-refractivity contribution in [1.29, 1.82) is 0 Å². The monoisotopic (exact) mass is 322 g/mol. The molecular formula is C10H15ClN4O2S2. The van der Waals surface area contributed by atoms with Gasteiger partial charge in [-0.05, 0) is 18.6 Å². The molecule has 0 aromatic carbocycles. The lowest BCUT2D eigenvalue weighted by Gasteiger charge is -2.15. The Balaban J connectivity index is 1.77. The van der Waals surface area contributed by atoms with Gasteiger partial charge in [-0.15, -0.1) is 11.3 Å². The van der Waals surface area contributed by atoms with Gasteiger partial charge in [0.25, 0.3) is 0 Å². The Labute approximate surface area is 121 Å². The highest BCUT2D eigenvalue weighted by Crippen LogP contribution is 2.24. The Morgan fingerprint density at radius 3 is 2.89 bits per heavy atom. The number of halogens is 1. The molecule has 6 nitrogen and oxygen atoms in total. The molecule has 0 amide bonds. The highest BCUT2D eigenvalue weighted by Gasteiger charge is 2.15. The van der Waals surface area contributed by atoms with Gasteiger partial charge in [-0.1, -0.05) is 11.6 Å². The number of sulfonamides is 1. The summed E-state index contributed by atoms with van der Waals surface area (Å²) in [5.41, 5.74) is 0. The van der Waals surface area contributed by atoms with Crippen molar-refractivity contribution < 1.29 is 8.42 Å². The van der Waals surface area contributed by atoms with E-state index in [1.807, 2.05) is 0 Å². The maximum absolute atomic E-state index is 11.9. The smallest absolute Gasteiger partial charge is 0.250 e. The van der Waals surface area contributed by atoms with E-state index in [-0.39, 0.29) is 4.21 Å². The molecule has 1 aliphatic rings. The van der Waals surface area contributed by atoms with Crippen LogP contribution in [-0.4, -0.2) is 40.6 Å². The van der Waals surface area contributed by atoms with Crippen LogP contribution in [0.2, 0.25) is 4.34 Å². The summed E-state index contributed by atoms with van der Waals surface area (Å²) in [6.07, 6.45) is 1.02. The predicted octanol–water partition coefficient (Wildman–Crippen LogP) is 0.619. The Bertz CT molecular complexity index is 556. The summed E-state index contributed by atoms with van der Waals surface area (Å²) >= 11 is 6.76. The molecule has 1 aliphatic heterocycles. The molecule has 0 unspecified atom stereocenters. The van der Waals surface area contributed by atoms with Crippen LogP contribution in [0.1, 0.15) is 6.42 Å². The van der Waals surface area contributed by atoms with Gasteiger partial charge in [0, 0.05) is 26.2 Å². The lowest BCUT2D eigenvalue weighted by atomic mass is 10.4. The number of nitrogens with zero attached hydrogens (tertiary/aromatic N) is 1. The fourth-order valence-electron chi connectivity index (χ4n) is 1.53. The van der Waals surface area contributed by atoms with Gasteiger partial charge in [0.05, 0.1) is 4.34 Å². The summed E-state index contributed by atoms with van der Waals surface area (Å²) in [6, 6.07) is 3.06. The van der Waals surface area contributed by atoms with E-state index in [4.69, 9.17) is 11.6 Å². The first-order chi connectivity index (χ1) is 9.08. The van der Waals surface area contributed by atoms with E-state index < -0.39 is 10.0 Å². The Hall–Kier alpha value is -0.830. The Kier molecular flexibility index (Phi) is 5.03. The summed E-state index contributed by atoms with van der Waals surface area (Å²) < 4.78 is 26.9. The number of aliphatic imine (C=N–C) groups is 1. The third-order valence-electron chi connectivity index (χ3n) is 2.42. The van der Waals surface area contributed by atoms with Crippen LogP contribution in [0.3, 0.4) is 0 Å². The van der Waals surface area contributed by atoms with Crippen molar-refractivity contribution in [3.05, 3.63) is 16.5 Å². The van der Waals surface area contributed by atoms with Crippen LogP contribution in [0.25, 0.3) is 0 Å². The van der Waals surface area contributed by atoms with Gasteiger partial charge in [0.1, 0.15) is 4.21 Å². The number of hydrogen-bond acceptors (Lipinski definition) is 6. The van der Waals surface area contributed by atoms with Gasteiger partial charge in [0.2, 0.25) is 10.0 Å². The first-order valence-corrected chi connectivity index (χ1v) is 8.53. The first-order valence-electron chi connectivity index (χ1n) is 5.85. The topological polar surface area (TPSA) is 82.6 Å². The molecule has 9 heteroatoms. The highest BCUT2D eigenvalue weighted by molar-refractivity contribution is 7.91. The first kappa shape index (κ1) is 14.6. The number of rotatable bonds is 5. The fourth-order valence-corrected chi connectivity index (χ4v) is 4.09. The average Bonchev–Trinajstić information content (AvgIpc) is 2.84. The SMILES string of the molecule is O=S(=O)(NCCNC1=NCCCN1)c1ccc(Cl)s1. The fraction of sp³-hybridized carbons (Fsp3) is 0.500. The highest BCUT2D eigenvalue weighted by atomic mass is 35.5. The molecular weight excluding hydrogens is 308 g/mol. The molecule has 0 atom stereocenters. The molecule has 1 aromatic heterocycles. The van der Waals surface area contributed by atoms with Gasteiger partial charge in [-0.2, -0.15) is 0 Å². The molecule has 2 rings (SSSR count). The molecule has 0 bridgehead atoms. The lowest BCUT2D eigenvalue weighted by Crippen LogP contribution is -2.43. The van der Waals surface area contributed by atoms with Crippen molar-refractivity contribution in [2.45, 2.75) is 10.6 Å². The molecule has 0 saturated heterocycles. The van der Waals surface area contributed by atoms with E-state index in [9.17, 15) is 8.42 Å². The minimum Gasteiger partial charge on any atom is -0.356 e. The third-order valence-corrected chi connectivity index (χ3v) is 5.60. The van der Waals surface area contributed by atoms with Crippen LogP contribution < -0.4 is 15.4 Å². The summed E-state index contributed by atoms with van der Waals surface area (Å²) in [6.45, 7) is 2.46. The van der Waals surface area contributed by atoms with E-state index in [2.05, 4.69) is 20.3 Å². The number of guanidine groups is 1. The predicted molar refractivity (Wildman–Crippen MR) is 77.4 cm³/mol. The maximum atomic E-state index is 11.9. The standard InChI is InChI=1S/C10H15ClN4O2S2/c11-8-2-3-9(18-8)19(16,17)15-7-6-14-10-12-4-1-5-13-10/h2-3,15H,1,4-7H2,(H2,12,13,14). The minimum absolute atomic E-state index is 0.227. The van der Waals surface area contributed by atoms with Crippen LogP contribution in [-0.2, 0) is 10.0 Å². The van der Waals surface area contributed by atoms with E-state index in [1.54, 1.807) is 6.07 Å². The zero-order chi connectivity index (χ0) is 13.7. The lowest BCUT2D eigenvalue weighted by molar-refractivity contribution is 0.582. The molecule has 1 aromatic rings. The molecule has 0 saturated carbocycles. The van der Waals surface area contributed by atoms with E-state index in [1.165, 1.54) is 6.07 Å². The molecule has 0 aliphatic carbocycles. The van der Waals surface area contributed by atoms with Crippen LogP contribution in [0.15, 0.2) is 21.3 Å². The maximum Gasteiger partial charge on any atom is 0.250 e. The van der Waals surface area contributed by atoms with Crippen LogP contribution in [0.4, 0.5) is 0 Å².